The fourth-order valence-corrected chi connectivity index (χ4v) is 1.58. The van der Waals surface area contributed by atoms with Gasteiger partial charge >= 0.3 is 5.97 Å². The van der Waals surface area contributed by atoms with Crippen LogP contribution in [-0.4, -0.2) is 30.1 Å². The number of nitrogens with two attached hydrogens (primary N) is 1. The highest BCUT2D eigenvalue weighted by molar-refractivity contribution is 7.99. The SMILES string of the molecule is CCOC(=O)CC(C)SCCN. The van der Waals surface area contributed by atoms with Crippen LogP contribution in [0.5, 0.6) is 0 Å². The van der Waals surface area contributed by atoms with Gasteiger partial charge in [0.1, 0.15) is 0 Å². The van der Waals surface area contributed by atoms with Crippen molar-refractivity contribution in [1.82, 2.24) is 0 Å². The minimum Gasteiger partial charge on any atom is -0.466 e. The summed E-state index contributed by atoms with van der Waals surface area (Å²) in [6, 6.07) is 0. The third-order valence-corrected chi connectivity index (χ3v) is 2.49. The van der Waals surface area contributed by atoms with Crippen molar-refractivity contribution in [2.75, 3.05) is 18.9 Å². The van der Waals surface area contributed by atoms with Gasteiger partial charge in [-0.3, -0.25) is 4.79 Å². The molecule has 0 aliphatic rings. The van der Waals surface area contributed by atoms with Crippen molar-refractivity contribution in [3.05, 3.63) is 0 Å². The molecule has 0 amide bonds. The summed E-state index contributed by atoms with van der Waals surface area (Å²) >= 11 is 1.70. The monoisotopic (exact) mass is 191 g/mol. The first-order valence-corrected chi connectivity index (χ1v) is 5.22. The van der Waals surface area contributed by atoms with Crippen LogP contribution in [0.1, 0.15) is 20.3 Å². The van der Waals surface area contributed by atoms with E-state index < -0.39 is 0 Å². The van der Waals surface area contributed by atoms with Gasteiger partial charge in [-0.2, -0.15) is 11.8 Å². The van der Waals surface area contributed by atoms with E-state index in [1.54, 1.807) is 11.8 Å². The van der Waals surface area contributed by atoms with Crippen LogP contribution in [-0.2, 0) is 9.53 Å². The first-order valence-electron chi connectivity index (χ1n) is 4.18. The van der Waals surface area contributed by atoms with E-state index >= 15 is 0 Å². The van der Waals surface area contributed by atoms with Crippen LogP contribution in [0.4, 0.5) is 0 Å². The Labute approximate surface area is 78.0 Å². The predicted octanol–water partition coefficient (Wildman–Crippen LogP) is 1.02. The molecule has 0 fully saturated rings. The molecule has 0 saturated carbocycles. The molecule has 0 saturated heterocycles. The maximum Gasteiger partial charge on any atom is 0.306 e. The Bertz CT molecular complexity index is 130. The standard InChI is InChI=1S/C8H17NO2S/c1-3-11-8(10)6-7(2)12-5-4-9/h7H,3-6,9H2,1-2H3. The third-order valence-electron chi connectivity index (χ3n) is 1.28. The van der Waals surface area contributed by atoms with Crippen LogP contribution in [0, 0.1) is 0 Å². The minimum atomic E-state index is -0.116. The molecule has 3 nitrogen and oxygen atoms in total. The highest BCUT2D eigenvalue weighted by Crippen LogP contribution is 2.13. The molecule has 2 N–H and O–H groups in total. The second-order valence-electron chi connectivity index (χ2n) is 2.48. The largest absolute Gasteiger partial charge is 0.466 e. The Morgan fingerprint density at radius 2 is 2.33 bits per heavy atom. The highest BCUT2D eigenvalue weighted by Gasteiger charge is 2.08. The number of ether oxygens (including phenoxy) is 1. The smallest absolute Gasteiger partial charge is 0.306 e. The summed E-state index contributed by atoms with van der Waals surface area (Å²) < 4.78 is 4.81. The van der Waals surface area contributed by atoms with Crippen molar-refractivity contribution < 1.29 is 9.53 Å². The van der Waals surface area contributed by atoms with Gasteiger partial charge in [0.05, 0.1) is 13.0 Å². The molecule has 0 aromatic heterocycles. The van der Waals surface area contributed by atoms with Crippen molar-refractivity contribution in [3.8, 4) is 0 Å². The molecule has 0 aromatic carbocycles. The molecule has 12 heavy (non-hydrogen) atoms. The Hall–Kier alpha value is -0.220. The van der Waals surface area contributed by atoms with Gasteiger partial charge < -0.3 is 10.5 Å². The van der Waals surface area contributed by atoms with Crippen LogP contribution < -0.4 is 5.73 Å². The van der Waals surface area contributed by atoms with Gasteiger partial charge in [0.25, 0.3) is 0 Å². The van der Waals surface area contributed by atoms with Gasteiger partial charge in [-0.15, -0.1) is 0 Å². The topological polar surface area (TPSA) is 52.3 Å². The lowest BCUT2D eigenvalue weighted by Crippen LogP contribution is -2.12. The number of rotatable bonds is 6. The molecule has 4 heteroatoms. The number of carbonyl (C=O) groups is 1. The zero-order valence-corrected chi connectivity index (χ0v) is 8.52. The zero-order chi connectivity index (χ0) is 9.40. The molecule has 0 aromatic rings. The van der Waals surface area contributed by atoms with Crippen molar-refractivity contribution >= 4 is 17.7 Å². The minimum absolute atomic E-state index is 0.116. The van der Waals surface area contributed by atoms with E-state index in [1.807, 2.05) is 13.8 Å². The summed E-state index contributed by atoms with van der Waals surface area (Å²) in [5.41, 5.74) is 5.33. The lowest BCUT2D eigenvalue weighted by molar-refractivity contribution is -0.142. The van der Waals surface area contributed by atoms with E-state index in [0.717, 1.165) is 5.75 Å². The first kappa shape index (κ1) is 11.8. The van der Waals surface area contributed by atoms with E-state index in [2.05, 4.69) is 0 Å². The Balaban J connectivity index is 3.40. The lowest BCUT2D eigenvalue weighted by atomic mass is 10.3. The third kappa shape index (κ3) is 6.49. The molecular weight excluding hydrogens is 174 g/mol. The summed E-state index contributed by atoms with van der Waals surface area (Å²) in [6.45, 7) is 4.96. The number of hydrogen-bond donors (Lipinski definition) is 1. The Morgan fingerprint density at radius 1 is 1.67 bits per heavy atom. The quantitative estimate of drug-likeness (QED) is 0.637. The maximum atomic E-state index is 10.9. The van der Waals surface area contributed by atoms with Crippen molar-refractivity contribution in [3.63, 3.8) is 0 Å². The summed E-state index contributed by atoms with van der Waals surface area (Å²) in [4.78, 5) is 10.9. The summed E-state index contributed by atoms with van der Waals surface area (Å²) in [6.07, 6.45) is 0.485. The molecule has 0 rings (SSSR count). The second kappa shape index (κ2) is 7.43. The molecule has 72 valence electrons. The Morgan fingerprint density at radius 3 is 2.83 bits per heavy atom. The average molecular weight is 191 g/mol. The van der Waals surface area contributed by atoms with E-state index in [-0.39, 0.29) is 5.97 Å². The number of esters is 1. The molecule has 0 aliphatic carbocycles. The van der Waals surface area contributed by atoms with E-state index in [0.29, 0.717) is 24.8 Å². The van der Waals surface area contributed by atoms with Crippen LogP contribution in [0.25, 0.3) is 0 Å². The molecule has 0 spiro atoms. The Kier molecular flexibility index (Phi) is 7.29. The van der Waals surface area contributed by atoms with E-state index in [4.69, 9.17) is 10.5 Å². The van der Waals surface area contributed by atoms with Gasteiger partial charge in [-0.05, 0) is 6.92 Å². The fraction of sp³-hybridized carbons (Fsp3) is 0.875. The lowest BCUT2D eigenvalue weighted by Gasteiger charge is -2.08. The van der Waals surface area contributed by atoms with Crippen LogP contribution in [0.15, 0.2) is 0 Å². The molecule has 0 aliphatic heterocycles. The molecule has 1 atom stereocenters. The van der Waals surface area contributed by atoms with Gasteiger partial charge in [-0.25, -0.2) is 0 Å². The predicted molar refractivity (Wildman–Crippen MR) is 52.2 cm³/mol. The van der Waals surface area contributed by atoms with Gasteiger partial charge in [-0.1, -0.05) is 6.92 Å². The van der Waals surface area contributed by atoms with Gasteiger partial charge in [0, 0.05) is 17.5 Å². The van der Waals surface area contributed by atoms with Gasteiger partial charge in [0.15, 0.2) is 0 Å². The summed E-state index contributed by atoms with van der Waals surface area (Å²) in [5.74, 6) is 0.787. The van der Waals surface area contributed by atoms with Crippen LogP contribution >= 0.6 is 11.8 Å². The molecule has 0 heterocycles. The fourth-order valence-electron chi connectivity index (χ4n) is 0.783. The van der Waals surface area contributed by atoms with E-state index in [9.17, 15) is 4.79 Å². The average Bonchev–Trinajstić information content (AvgIpc) is 2.01. The highest BCUT2D eigenvalue weighted by atomic mass is 32.2. The van der Waals surface area contributed by atoms with Crippen LogP contribution in [0.2, 0.25) is 0 Å². The van der Waals surface area contributed by atoms with Crippen molar-refractivity contribution in [1.29, 1.82) is 0 Å². The zero-order valence-electron chi connectivity index (χ0n) is 7.71. The molecular formula is C8H17NO2S. The normalized spacial score (nSPS) is 12.6. The molecule has 0 radical (unpaired) electrons. The maximum absolute atomic E-state index is 10.9. The summed E-state index contributed by atoms with van der Waals surface area (Å²) in [7, 11) is 0. The van der Waals surface area contributed by atoms with Crippen molar-refractivity contribution in [2.24, 2.45) is 5.73 Å². The van der Waals surface area contributed by atoms with Gasteiger partial charge in [0.2, 0.25) is 0 Å². The second-order valence-corrected chi connectivity index (χ2v) is 4.03. The van der Waals surface area contributed by atoms with Crippen LogP contribution in [0.3, 0.4) is 0 Å². The summed E-state index contributed by atoms with van der Waals surface area (Å²) in [5, 5.41) is 0.313. The first-order chi connectivity index (χ1) is 5.70. The van der Waals surface area contributed by atoms with Crippen molar-refractivity contribution in [2.45, 2.75) is 25.5 Å². The van der Waals surface area contributed by atoms with E-state index in [1.165, 1.54) is 0 Å². The number of carbonyl (C=O) groups excluding carboxylic acids is 1. The number of hydrogen-bond acceptors (Lipinski definition) is 4. The molecule has 0 bridgehead atoms. The molecule has 1 unspecified atom stereocenters. The number of thioether (sulfide) groups is 1.